The molecule has 3 N–H and O–H groups in total. The molecule has 8 heteroatoms. The van der Waals surface area contributed by atoms with E-state index < -0.39 is 31.0 Å². The molecule has 1 aromatic heterocycles. The zero-order valence-electron chi connectivity index (χ0n) is 14.1. The minimum absolute atomic E-state index is 0.139. The number of anilines is 1. The van der Waals surface area contributed by atoms with Crippen molar-refractivity contribution in [1.82, 2.24) is 9.97 Å². The fraction of sp³-hybridized carbons (Fsp3) is 0.556. The van der Waals surface area contributed by atoms with Gasteiger partial charge in [-0.05, 0) is 42.1 Å². The van der Waals surface area contributed by atoms with E-state index in [1.165, 1.54) is 12.8 Å². The Kier molecular flexibility index (Phi) is 4.98. The Morgan fingerprint density at radius 1 is 1.19 bits per heavy atom. The normalized spacial score (nSPS) is 29.5. The Hall–Kier alpha value is -1.51. The lowest BCUT2D eigenvalue weighted by atomic mass is 10.0. The number of aromatic nitrogens is 2. The lowest BCUT2D eigenvalue weighted by molar-refractivity contribution is -0.0398. The highest BCUT2D eigenvalue weighted by atomic mass is 35.5. The largest absolute Gasteiger partial charge is 0.387 e. The van der Waals surface area contributed by atoms with E-state index in [2.05, 4.69) is 15.3 Å². The highest BCUT2D eigenvalue weighted by molar-refractivity contribution is 6.28. The van der Waals surface area contributed by atoms with E-state index >= 15 is 0 Å². The fourth-order valence-corrected chi connectivity index (χ4v) is 4.01. The average Bonchev–Trinajstić information content (AvgIpc) is 3.23. The Bertz CT molecular complexity index is 799. The predicted molar refractivity (Wildman–Crippen MR) is 95.6 cm³/mol. The van der Waals surface area contributed by atoms with Crippen LogP contribution in [0.3, 0.4) is 0 Å². The molecular formula is C18H21ClN3O4. The van der Waals surface area contributed by atoms with Gasteiger partial charge >= 0.3 is 0 Å². The second-order valence-corrected chi connectivity index (χ2v) is 7.32. The van der Waals surface area contributed by atoms with E-state index in [0.717, 1.165) is 18.2 Å². The van der Waals surface area contributed by atoms with Gasteiger partial charge in [-0.3, -0.25) is 0 Å². The van der Waals surface area contributed by atoms with Crippen LogP contribution in [-0.4, -0.2) is 51.1 Å². The highest BCUT2D eigenvalue weighted by Gasteiger charge is 2.43. The minimum atomic E-state index is -1.19. The van der Waals surface area contributed by atoms with Gasteiger partial charge in [0.1, 0.15) is 36.8 Å². The zero-order valence-corrected chi connectivity index (χ0v) is 14.9. The van der Waals surface area contributed by atoms with Crippen LogP contribution in [0.2, 0.25) is 5.28 Å². The molecule has 2 heterocycles. The number of aliphatic hydroxyl groups excluding tert-OH is 2. The smallest absolute Gasteiger partial charge is 0.224 e. The molecule has 1 saturated carbocycles. The van der Waals surface area contributed by atoms with Crippen LogP contribution in [0.1, 0.15) is 37.4 Å². The second kappa shape index (κ2) is 7.25. The molecule has 0 bridgehead atoms. The van der Waals surface area contributed by atoms with Crippen molar-refractivity contribution in [3.8, 4) is 0 Å². The van der Waals surface area contributed by atoms with Crippen LogP contribution < -0.4 is 5.32 Å². The number of nitrogens with zero attached hydrogens (tertiary/aromatic N) is 2. The number of hydrogen-bond acceptors (Lipinski definition) is 6. The first-order valence-electron chi connectivity index (χ1n) is 8.90. The van der Waals surface area contributed by atoms with Gasteiger partial charge in [-0.2, -0.15) is 0 Å². The maximum atomic E-state index is 11.1. The van der Waals surface area contributed by atoms with Crippen molar-refractivity contribution in [2.24, 2.45) is 0 Å². The van der Waals surface area contributed by atoms with Crippen LogP contribution in [0.5, 0.6) is 0 Å². The average molecular weight is 379 g/mol. The fourth-order valence-electron chi connectivity index (χ4n) is 3.83. The number of benzene rings is 1. The Labute approximate surface area is 156 Å². The molecule has 1 aromatic carbocycles. The number of nitrogens with one attached hydrogen (secondary N) is 1. The standard InChI is InChI=1S/C18H21ClN3O4/c19-18-21-12-7-9(16-15(25)14(24)13(8-23)26-16)5-6-11(12)17(22-18)20-10-3-1-2-4-10/h5-7,10,13-16,24-25H,1-4,8H2,(H,20,21,22)/t13-,14-,15-,16+/m1/s1. The van der Waals surface area contributed by atoms with Gasteiger partial charge in [-0.1, -0.05) is 18.9 Å². The molecule has 4 atom stereocenters. The highest BCUT2D eigenvalue weighted by Crippen LogP contribution is 2.36. The van der Waals surface area contributed by atoms with Crippen molar-refractivity contribution in [3.63, 3.8) is 0 Å². The summed E-state index contributed by atoms with van der Waals surface area (Å²) in [5.41, 5.74) is 1.26. The van der Waals surface area contributed by atoms with Gasteiger partial charge in [0.05, 0.1) is 5.52 Å². The molecule has 2 aromatic rings. The summed E-state index contributed by atoms with van der Waals surface area (Å²) in [6, 6.07) is 5.80. The predicted octanol–water partition coefficient (Wildman–Crippen LogP) is 2.23. The molecule has 0 unspecified atom stereocenters. The summed E-state index contributed by atoms with van der Waals surface area (Å²) in [5, 5.41) is 35.6. The molecule has 2 fully saturated rings. The third kappa shape index (κ3) is 3.25. The number of aliphatic hydroxyl groups is 2. The molecule has 0 spiro atoms. The number of ether oxygens (including phenoxy) is 1. The van der Waals surface area contributed by atoms with Crippen molar-refractivity contribution in [2.45, 2.75) is 56.1 Å². The molecule has 7 nitrogen and oxygen atoms in total. The van der Waals surface area contributed by atoms with Gasteiger partial charge < -0.3 is 20.3 Å². The maximum absolute atomic E-state index is 11.1. The minimum Gasteiger partial charge on any atom is -0.387 e. The van der Waals surface area contributed by atoms with E-state index in [-0.39, 0.29) is 5.28 Å². The summed E-state index contributed by atoms with van der Waals surface area (Å²) < 4.78 is 5.53. The topological polar surface area (TPSA) is 107 Å². The summed E-state index contributed by atoms with van der Waals surface area (Å²) in [7, 11) is 0. The van der Waals surface area contributed by atoms with E-state index in [0.29, 0.717) is 22.9 Å². The van der Waals surface area contributed by atoms with E-state index in [1.54, 1.807) is 12.1 Å². The molecule has 1 saturated heterocycles. The van der Waals surface area contributed by atoms with E-state index in [1.807, 2.05) is 6.07 Å². The number of fused-ring (bicyclic) bond motifs is 1. The quantitative estimate of drug-likeness (QED) is 0.704. The first-order chi connectivity index (χ1) is 12.6. The Balaban J connectivity index is 1.67. The van der Waals surface area contributed by atoms with Gasteiger partial charge in [0, 0.05) is 11.4 Å². The lowest BCUT2D eigenvalue weighted by Gasteiger charge is -2.17. The summed E-state index contributed by atoms with van der Waals surface area (Å²) in [6.45, 7) is -0.605. The van der Waals surface area contributed by atoms with Crippen molar-refractivity contribution in [2.75, 3.05) is 11.9 Å². The molecular weight excluding hydrogens is 358 g/mol. The van der Waals surface area contributed by atoms with E-state index in [9.17, 15) is 15.3 Å². The second-order valence-electron chi connectivity index (χ2n) is 6.99. The van der Waals surface area contributed by atoms with Crippen molar-refractivity contribution in [3.05, 3.63) is 29.0 Å². The first kappa shape index (κ1) is 17.9. The van der Waals surface area contributed by atoms with E-state index in [4.69, 9.17) is 16.3 Å². The summed E-state index contributed by atoms with van der Waals surface area (Å²) >= 11 is 6.09. The maximum Gasteiger partial charge on any atom is 0.224 e. The molecule has 0 amide bonds. The van der Waals surface area contributed by atoms with Crippen LogP contribution in [0, 0.1) is 0 Å². The van der Waals surface area contributed by atoms with Gasteiger partial charge in [-0.25, -0.2) is 15.1 Å². The summed E-state index contributed by atoms with van der Waals surface area (Å²) in [6.07, 6.45) is 0.599. The van der Waals surface area contributed by atoms with Crippen LogP contribution in [0.25, 0.3) is 10.9 Å². The molecule has 1 aliphatic carbocycles. The molecule has 26 heavy (non-hydrogen) atoms. The SMILES string of the molecule is [O]C[C@H]1O[C@@H](c2ccc3c(NC4CCCC4)nc(Cl)nc3c2)[C@H](O)[C@@H]1O. The number of rotatable bonds is 4. The Morgan fingerprint density at radius 3 is 2.65 bits per heavy atom. The molecule has 4 rings (SSSR count). The number of hydrogen-bond donors (Lipinski definition) is 3. The van der Waals surface area contributed by atoms with Crippen LogP contribution in [0.4, 0.5) is 5.82 Å². The zero-order chi connectivity index (χ0) is 18.3. The third-order valence-corrected chi connectivity index (χ3v) is 5.41. The molecule has 139 valence electrons. The van der Waals surface area contributed by atoms with Gasteiger partial charge in [0.15, 0.2) is 0 Å². The molecule has 1 aliphatic heterocycles. The van der Waals surface area contributed by atoms with Crippen molar-refractivity contribution in [1.29, 1.82) is 0 Å². The molecule has 2 aliphatic rings. The van der Waals surface area contributed by atoms with Gasteiger partial charge in [0.2, 0.25) is 5.28 Å². The Morgan fingerprint density at radius 2 is 1.96 bits per heavy atom. The first-order valence-corrected chi connectivity index (χ1v) is 9.28. The summed E-state index contributed by atoms with van der Waals surface area (Å²) in [4.78, 5) is 8.60. The van der Waals surface area contributed by atoms with Gasteiger partial charge in [0.25, 0.3) is 0 Å². The monoisotopic (exact) mass is 378 g/mol. The van der Waals surface area contributed by atoms with Crippen molar-refractivity contribution < 1.29 is 20.1 Å². The molecule has 1 radical (unpaired) electrons. The number of halogens is 1. The van der Waals surface area contributed by atoms with Gasteiger partial charge in [-0.15, -0.1) is 0 Å². The van der Waals surface area contributed by atoms with Crippen LogP contribution in [-0.2, 0) is 9.84 Å². The van der Waals surface area contributed by atoms with Crippen molar-refractivity contribution >= 4 is 28.3 Å². The summed E-state index contributed by atoms with van der Waals surface area (Å²) in [5.74, 6) is 0.698. The third-order valence-electron chi connectivity index (χ3n) is 5.24. The lowest BCUT2D eigenvalue weighted by Crippen LogP contribution is -2.32. The van der Waals surface area contributed by atoms with Crippen LogP contribution >= 0.6 is 11.6 Å². The van der Waals surface area contributed by atoms with Crippen LogP contribution in [0.15, 0.2) is 18.2 Å².